The summed E-state index contributed by atoms with van der Waals surface area (Å²) in [7, 11) is 0. The van der Waals surface area contributed by atoms with Crippen LogP contribution in [0.2, 0.25) is 0 Å². The zero-order valence-corrected chi connectivity index (χ0v) is 20.3. The van der Waals surface area contributed by atoms with Gasteiger partial charge in [0.15, 0.2) is 11.8 Å². The first-order valence-corrected chi connectivity index (χ1v) is 10.2. The summed E-state index contributed by atoms with van der Waals surface area (Å²) in [6, 6.07) is 3.53. The fraction of sp³-hybridized carbons (Fsp3) is 0.550. The van der Waals surface area contributed by atoms with Crippen molar-refractivity contribution in [1.29, 1.82) is 0 Å². The monoisotopic (exact) mass is 550 g/mol. The SMILES string of the molecule is CCNC(=NCc1nc(C(C)OCC)no1)N1CCN(c2cc(F)ccc2F)CC1.I. The van der Waals surface area contributed by atoms with E-state index in [0.29, 0.717) is 56.7 Å². The van der Waals surface area contributed by atoms with E-state index in [-0.39, 0.29) is 36.6 Å². The molecule has 31 heavy (non-hydrogen) atoms. The highest BCUT2D eigenvalue weighted by atomic mass is 127. The molecule has 0 bridgehead atoms. The fourth-order valence-electron chi connectivity index (χ4n) is 3.28. The van der Waals surface area contributed by atoms with Crippen molar-refractivity contribution < 1.29 is 18.0 Å². The Morgan fingerprint density at radius 1 is 1.26 bits per heavy atom. The maximum atomic E-state index is 14.1. The van der Waals surface area contributed by atoms with Crippen LogP contribution in [0.1, 0.15) is 38.6 Å². The Balaban J connectivity index is 0.00000341. The fourth-order valence-corrected chi connectivity index (χ4v) is 3.28. The van der Waals surface area contributed by atoms with E-state index in [4.69, 9.17) is 9.26 Å². The average molecular weight is 550 g/mol. The third kappa shape index (κ3) is 6.73. The molecule has 172 valence electrons. The first-order chi connectivity index (χ1) is 14.5. The van der Waals surface area contributed by atoms with E-state index < -0.39 is 11.6 Å². The first-order valence-electron chi connectivity index (χ1n) is 10.2. The number of nitrogens with zero attached hydrogens (tertiary/aromatic N) is 5. The van der Waals surface area contributed by atoms with Gasteiger partial charge in [0.1, 0.15) is 24.3 Å². The van der Waals surface area contributed by atoms with Gasteiger partial charge in [0.25, 0.3) is 0 Å². The molecule has 0 amide bonds. The summed E-state index contributed by atoms with van der Waals surface area (Å²) in [4.78, 5) is 12.9. The topological polar surface area (TPSA) is 79.0 Å². The van der Waals surface area contributed by atoms with Gasteiger partial charge < -0.3 is 24.4 Å². The van der Waals surface area contributed by atoms with E-state index in [9.17, 15) is 8.78 Å². The van der Waals surface area contributed by atoms with Gasteiger partial charge in [0.2, 0.25) is 5.89 Å². The van der Waals surface area contributed by atoms with Crippen molar-refractivity contribution in [3.8, 4) is 0 Å². The van der Waals surface area contributed by atoms with Crippen molar-refractivity contribution in [2.45, 2.75) is 33.4 Å². The minimum Gasteiger partial charge on any atom is -0.371 e. The molecule has 1 aromatic heterocycles. The van der Waals surface area contributed by atoms with Crippen molar-refractivity contribution in [1.82, 2.24) is 20.4 Å². The predicted molar refractivity (Wildman–Crippen MR) is 125 cm³/mol. The summed E-state index contributed by atoms with van der Waals surface area (Å²) in [5.74, 6) is 0.764. The van der Waals surface area contributed by atoms with Crippen LogP contribution in [-0.4, -0.2) is 60.3 Å². The van der Waals surface area contributed by atoms with Crippen molar-refractivity contribution >= 4 is 35.6 Å². The molecule has 8 nitrogen and oxygen atoms in total. The summed E-state index contributed by atoms with van der Waals surface area (Å²) >= 11 is 0. The van der Waals surface area contributed by atoms with Crippen molar-refractivity contribution in [2.24, 2.45) is 4.99 Å². The minimum absolute atomic E-state index is 0. The number of halogens is 3. The lowest BCUT2D eigenvalue weighted by Gasteiger charge is -2.37. The van der Waals surface area contributed by atoms with Crippen molar-refractivity contribution in [3.05, 3.63) is 41.5 Å². The van der Waals surface area contributed by atoms with Gasteiger partial charge in [-0.2, -0.15) is 4.98 Å². The number of ether oxygens (including phenoxy) is 1. The number of nitrogens with one attached hydrogen (secondary N) is 1. The number of aliphatic imine (C=N–C) groups is 1. The smallest absolute Gasteiger partial charge is 0.248 e. The number of rotatable bonds is 7. The number of aromatic nitrogens is 2. The van der Waals surface area contributed by atoms with Crippen LogP contribution < -0.4 is 10.2 Å². The predicted octanol–water partition coefficient (Wildman–Crippen LogP) is 3.35. The normalized spacial score (nSPS) is 15.6. The largest absolute Gasteiger partial charge is 0.371 e. The third-order valence-corrected chi connectivity index (χ3v) is 4.79. The van der Waals surface area contributed by atoms with E-state index in [1.54, 1.807) is 0 Å². The molecule has 1 aromatic carbocycles. The van der Waals surface area contributed by atoms with E-state index in [2.05, 4.69) is 25.3 Å². The molecule has 1 aliphatic heterocycles. The summed E-state index contributed by atoms with van der Waals surface area (Å²) in [5.41, 5.74) is 0.290. The molecule has 1 N–H and O–H groups in total. The average Bonchev–Trinajstić information content (AvgIpc) is 3.22. The highest BCUT2D eigenvalue weighted by Crippen LogP contribution is 2.22. The Bertz CT molecular complexity index is 858. The Kier molecular flexibility index (Phi) is 9.88. The number of anilines is 1. The van der Waals surface area contributed by atoms with E-state index in [0.717, 1.165) is 18.1 Å². The number of benzene rings is 1. The maximum absolute atomic E-state index is 14.1. The molecule has 1 aliphatic rings. The second-order valence-corrected chi connectivity index (χ2v) is 6.88. The second-order valence-electron chi connectivity index (χ2n) is 6.88. The Morgan fingerprint density at radius 3 is 2.68 bits per heavy atom. The molecule has 0 aliphatic carbocycles. The lowest BCUT2D eigenvalue weighted by molar-refractivity contribution is 0.0683. The molecule has 2 aromatic rings. The quantitative estimate of drug-likeness (QED) is 0.322. The van der Waals surface area contributed by atoms with Crippen LogP contribution in [0, 0.1) is 11.6 Å². The molecular formula is C20H29F2IN6O2. The first kappa shape index (κ1) is 25.2. The Labute approximate surface area is 198 Å². The van der Waals surface area contributed by atoms with Gasteiger partial charge in [-0.3, -0.25) is 0 Å². The van der Waals surface area contributed by atoms with Gasteiger partial charge >= 0.3 is 0 Å². The third-order valence-electron chi connectivity index (χ3n) is 4.79. The Morgan fingerprint density at radius 2 is 2.00 bits per heavy atom. The van der Waals surface area contributed by atoms with Crippen LogP contribution in [0.4, 0.5) is 14.5 Å². The van der Waals surface area contributed by atoms with Crippen molar-refractivity contribution in [2.75, 3.05) is 44.2 Å². The Hall–Kier alpha value is -2.02. The molecule has 1 saturated heterocycles. The minimum atomic E-state index is -0.443. The summed E-state index contributed by atoms with van der Waals surface area (Å²) in [5, 5.41) is 7.20. The molecule has 0 spiro atoms. The molecule has 1 fully saturated rings. The molecular weight excluding hydrogens is 521 g/mol. The maximum Gasteiger partial charge on any atom is 0.248 e. The van der Waals surface area contributed by atoms with Crippen LogP contribution in [0.5, 0.6) is 0 Å². The summed E-state index contributed by atoms with van der Waals surface area (Å²) in [6.45, 7) is 9.64. The number of hydrogen-bond donors (Lipinski definition) is 1. The lowest BCUT2D eigenvalue weighted by Crippen LogP contribution is -2.52. The van der Waals surface area contributed by atoms with Crippen LogP contribution >= 0.6 is 24.0 Å². The molecule has 3 rings (SSSR count). The van der Waals surface area contributed by atoms with Crippen LogP contribution in [0.3, 0.4) is 0 Å². The van der Waals surface area contributed by atoms with Gasteiger partial charge in [0.05, 0.1) is 5.69 Å². The molecule has 0 radical (unpaired) electrons. The lowest BCUT2D eigenvalue weighted by atomic mass is 10.2. The van der Waals surface area contributed by atoms with E-state index >= 15 is 0 Å². The molecule has 0 saturated carbocycles. The van der Waals surface area contributed by atoms with Gasteiger partial charge in [-0.25, -0.2) is 13.8 Å². The summed E-state index contributed by atoms with van der Waals surface area (Å²) < 4.78 is 38.3. The highest BCUT2D eigenvalue weighted by Gasteiger charge is 2.22. The summed E-state index contributed by atoms with van der Waals surface area (Å²) in [6.07, 6.45) is -0.235. The number of hydrogen-bond acceptors (Lipinski definition) is 6. The molecule has 2 heterocycles. The zero-order valence-electron chi connectivity index (χ0n) is 18.0. The van der Waals surface area contributed by atoms with E-state index in [1.807, 2.05) is 25.7 Å². The number of guanidine groups is 1. The standard InChI is InChI=1S/C20H28F2N6O2.HI/c1-4-23-20(24-13-18-25-19(26-30-18)14(3)29-5-2)28-10-8-27(9-11-28)17-12-15(21)6-7-16(17)22;/h6-7,12,14H,4-5,8-11,13H2,1-3H3,(H,23,24);1H. The van der Waals surface area contributed by atoms with Gasteiger partial charge in [0, 0.05) is 45.4 Å². The molecule has 11 heteroatoms. The van der Waals surface area contributed by atoms with Crippen LogP contribution in [-0.2, 0) is 11.3 Å². The van der Waals surface area contributed by atoms with Crippen LogP contribution in [0.25, 0.3) is 0 Å². The van der Waals surface area contributed by atoms with Crippen LogP contribution in [0.15, 0.2) is 27.7 Å². The van der Waals surface area contributed by atoms with Gasteiger partial charge in [-0.05, 0) is 32.9 Å². The number of piperazine rings is 1. The zero-order chi connectivity index (χ0) is 21.5. The molecule has 1 atom stereocenters. The van der Waals surface area contributed by atoms with Crippen molar-refractivity contribution in [3.63, 3.8) is 0 Å². The molecule has 1 unspecified atom stereocenters. The second kappa shape index (κ2) is 12.1. The van der Waals surface area contributed by atoms with E-state index in [1.165, 1.54) is 6.07 Å². The highest BCUT2D eigenvalue weighted by molar-refractivity contribution is 14.0. The van der Waals surface area contributed by atoms with Gasteiger partial charge in [-0.1, -0.05) is 5.16 Å². The van der Waals surface area contributed by atoms with Gasteiger partial charge in [-0.15, -0.1) is 24.0 Å².